The standard InChI is InChI=1S/C10H14N4O.C5H5ClN2.C5H10N2O.C4H4N2O/c1-7-4-12-6-13-10(7)14-3-2-8(5-14)9(11)15;1-4-2-7-3-8-5(4)6;6-5(8)4-1-2-7-3-4;7-4-1-2-5-3-6-4/h4,6,8H,2-3,5H2,1H3,(H2,11,15);2-3H,1H3;4,7H,1-3H2,(H2,6,8);1-3H,(H,5,6,7). The lowest BCUT2D eigenvalue weighted by atomic mass is 10.1. The fourth-order valence-corrected chi connectivity index (χ4v) is 3.59. The maximum absolute atomic E-state index is 11.0. The summed E-state index contributed by atoms with van der Waals surface area (Å²) in [5, 5.41) is 3.58. The largest absolute Gasteiger partial charge is 0.369 e. The number of anilines is 1. The van der Waals surface area contributed by atoms with E-state index in [1.165, 1.54) is 31.2 Å². The molecule has 0 bridgehead atoms. The average Bonchev–Trinajstić information content (AvgIpc) is 3.61. The predicted molar refractivity (Wildman–Crippen MR) is 143 cm³/mol. The Morgan fingerprint density at radius 2 is 1.68 bits per heavy atom. The van der Waals surface area contributed by atoms with Crippen molar-refractivity contribution < 1.29 is 9.59 Å². The van der Waals surface area contributed by atoms with Crippen LogP contribution in [-0.2, 0) is 9.59 Å². The number of carbonyl (C=O) groups is 2. The van der Waals surface area contributed by atoms with Gasteiger partial charge >= 0.3 is 0 Å². The number of hydrogen-bond donors (Lipinski definition) is 4. The number of hydrogen-bond acceptors (Lipinski definition) is 10. The molecule has 5 rings (SSSR count). The number of aryl methyl sites for hydroxylation is 2. The van der Waals surface area contributed by atoms with Crippen molar-refractivity contribution in [3.8, 4) is 0 Å². The second kappa shape index (κ2) is 16.0. The number of amides is 2. The lowest BCUT2D eigenvalue weighted by molar-refractivity contribution is -0.122. The number of H-pyrrole nitrogens is 1. The molecule has 3 aromatic rings. The van der Waals surface area contributed by atoms with E-state index in [-0.39, 0.29) is 29.2 Å². The van der Waals surface area contributed by atoms with Gasteiger partial charge in [0.1, 0.15) is 23.6 Å². The summed E-state index contributed by atoms with van der Waals surface area (Å²) in [7, 11) is 0. The lowest BCUT2D eigenvalue weighted by Gasteiger charge is -2.18. The molecule has 204 valence electrons. The summed E-state index contributed by atoms with van der Waals surface area (Å²) in [5.41, 5.74) is 12.1. The van der Waals surface area contributed by atoms with Crippen LogP contribution < -0.4 is 27.2 Å². The van der Waals surface area contributed by atoms with Gasteiger partial charge < -0.3 is 26.7 Å². The van der Waals surface area contributed by atoms with Crippen molar-refractivity contribution in [3.63, 3.8) is 0 Å². The van der Waals surface area contributed by atoms with Crippen LogP contribution in [0.5, 0.6) is 0 Å². The summed E-state index contributed by atoms with van der Waals surface area (Å²) >= 11 is 5.56. The van der Waals surface area contributed by atoms with Gasteiger partial charge in [0.15, 0.2) is 0 Å². The summed E-state index contributed by atoms with van der Waals surface area (Å²) in [5.74, 6) is 0.572. The SMILES string of the molecule is Cc1cncnc1Cl.Cc1cncnc1N1CCC(C(N)=O)C1.NC(=O)C1CCNC1.O=c1ccnc[nH]1. The fourth-order valence-electron chi connectivity index (χ4n) is 3.49. The minimum absolute atomic E-state index is 0.0423. The van der Waals surface area contributed by atoms with Gasteiger partial charge in [0.25, 0.3) is 5.56 Å². The van der Waals surface area contributed by atoms with E-state index in [0.717, 1.165) is 49.4 Å². The van der Waals surface area contributed by atoms with Gasteiger partial charge in [-0.05, 0) is 33.2 Å². The Morgan fingerprint density at radius 3 is 2.08 bits per heavy atom. The van der Waals surface area contributed by atoms with Crippen LogP contribution in [0.15, 0.2) is 48.4 Å². The third-order valence-electron chi connectivity index (χ3n) is 5.65. The monoisotopic (exact) mass is 544 g/mol. The van der Waals surface area contributed by atoms with Crippen molar-refractivity contribution in [1.82, 2.24) is 35.2 Å². The minimum atomic E-state index is -0.218. The van der Waals surface area contributed by atoms with Gasteiger partial charge in [0.2, 0.25) is 11.8 Å². The number of carbonyl (C=O) groups excluding carboxylic acids is 2. The van der Waals surface area contributed by atoms with Gasteiger partial charge in [-0.25, -0.2) is 24.9 Å². The zero-order chi connectivity index (χ0) is 27.9. The Bertz CT molecular complexity index is 1180. The highest BCUT2D eigenvalue weighted by Gasteiger charge is 2.28. The van der Waals surface area contributed by atoms with E-state index in [1.807, 2.05) is 13.8 Å². The van der Waals surface area contributed by atoms with E-state index in [4.69, 9.17) is 23.1 Å². The van der Waals surface area contributed by atoms with Crippen LogP contribution in [0.1, 0.15) is 24.0 Å². The Labute approximate surface area is 225 Å². The quantitative estimate of drug-likeness (QED) is 0.334. The first-order valence-electron chi connectivity index (χ1n) is 11.9. The molecule has 0 radical (unpaired) electrons. The third kappa shape index (κ3) is 10.6. The van der Waals surface area contributed by atoms with Crippen LogP contribution in [0, 0.1) is 25.7 Å². The molecule has 0 saturated carbocycles. The second-order valence-corrected chi connectivity index (χ2v) is 8.91. The van der Waals surface area contributed by atoms with Gasteiger partial charge in [0.05, 0.1) is 18.2 Å². The number of primary amides is 2. The molecule has 0 aromatic carbocycles. The number of aromatic nitrogens is 6. The number of nitrogens with one attached hydrogen (secondary N) is 2. The van der Waals surface area contributed by atoms with Gasteiger partial charge in [-0.3, -0.25) is 14.4 Å². The molecule has 2 amide bonds. The van der Waals surface area contributed by atoms with Crippen LogP contribution in [0.25, 0.3) is 0 Å². The zero-order valence-corrected chi connectivity index (χ0v) is 22.1. The molecule has 2 aliphatic heterocycles. The fraction of sp³-hybridized carbons (Fsp3) is 0.417. The number of rotatable bonds is 3. The first-order chi connectivity index (χ1) is 18.2. The molecule has 0 aliphatic carbocycles. The molecule has 0 spiro atoms. The van der Waals surface area contributed by atoms with Crippen LogP contribution >= 0.6 is 11.6 Å². The highest BCUT2D eigenvalue weighted by Crippen LogP contribution is 2.23. The molecule has 3 aromatic heterocycles. The first kappa shape index (κ1) is 30.3. The first-order valence-corrected chi connectivity index (χ1v) is 12.3. The molecule has 6 N–H and O–H groups in total. The summed E-state index contributed by atoms with van der Waals surface area (Å²) in [6.45, 7) is 7.05. The number of nitrogens with zero attached hydrogens (tertiary/aromatic N) is 6. The van der Waals surface area contributed by atoms with Crippen molar-refractivity contribution in [2.24, 2.45) is 23.3 Å². The Hall–Kier alpha value is -3.97. The van der Waals surface area contributed by atoms with Crippen molar-refractivity contribution in [3.05, 3.63) is 70.3 Å². The molecule has 2 saturated heterocycles. The number of nitrogens with two attached hydrogens (primary N) is 2. The molecular formula is C24H33ClN10O3. The molecular weight excluding hydrogens is 512 g/mol. The van der Waals surface area contributed by atoms with Gasteiger partial charge in [0, 0.05) is 55.4 Å². The molecule has 38 heavy (non-hydrogen) atoms. The number of aromatic amines is 1. The summed E-state index contributed by atoms with van der Waals surface area (Å²) < 4.78 is 0. The van der Waals surface area contributed by atoms with Crippen molar-refractivity contribution in [2.75, 3.05) is 31.1 Å². The van der Waals surface area contributed by atoms with E-state index < -0.39 is 0 Å². The Kier molecular flexibility index (Phi) is 12.7. The third-order valence-corrected chi connectivity index (χ3v) is 6.04. The van der Waals surface area contributed by atoms with Gasteiger partial charge in [-0.1, -0.05) is 11.6 Å². The van der Waals surface area contributed by atoms with Crippen LogP contribution in [0.4, 0.5) is 5.82 Å². The van der Waals surface area contributed by atoms with Crippen molar-refractivity contribution >= 4 is 29.2 Å². The topological polar surface area (TPSA) is 199 Å². The molecule has 2 aliphatic rings. The van der Waals surface area contributed by atoms with Gasteiger partial charge in [-0.2, -0.15) is 0 Å². The van der Waals surface area contributed by atoms with Crippen molar-refractivity contribution in [1.29, 1.82) is 0 Å². The summed E-state index contributed by atoms with van der Waals surface area (Å²) in [4.78, 5) is 55.3. The lowest BCUT2D eigenvalue weighted by Crippen LogP contribution is -2.28. The van der Waals surface area contributed by atoms with E-state index >= 15 is 0 Å². The van der Waals surface area contributed by atoms with E-state index in [1.54, 1.807) is 12.4 Å². The normalized spacial score (nSPS) is 17.6. The summed E-state index contributed by atoms with van der Waals surface area (Å²) in [6.07, 6.45) is 10.9. The van der Waals surface area contributed by atoms with E-state index in [0.29, 0.717) is 11.7 Å². The van der Waals surface area contributed by atoms with Crippen LogP contribution in [0.3, 0.4) is 0 Å². The summed E-state index contributed by atoms with van der Waals surface area (Å²) in [6, 6.07) is 1.36. The Balaban J connectivity index is 0.000000189. The maximum Gasteiger partial charge on any atom is 0.250 e. The predicted octanol–water partition coefficient (Wildman–Crippen LogP) is 0.386. The minimum Gasteiger partial charge on any atom is -0.369 e. The second-order valence-electron chi connectivity index (χ2n) is 8.55. The van der Waals surface area contributed by atoms with Crippen molar-refractivity contribution in [2.45, 2.75) is 26.7 Å². The highest BCUT2D eigenvalue weighted by atomic mass is 35.5. The van der Waals surface area contributed by atoms with Gasteiger partial charge in [-0.15, -0.1) is 0 Å². The van der Waals surface area contributed by atoms with Crippen LogP contribution in [0.2, 0.25) is 5.15 Å². The molecule has 14 heteroatoms. The van der Waals surface area contributed by atoms with E-state index in [2.05, 4.69) is 40.1 Å². The van der Waals surface area contributed by atoms with Crippen LogP contribution in [-0.4, -0.2) is 67.9 Å². The smallest absolute Gasteiger partial charge is 0.250 e. The Morgan fingerprint density at radius 1 is 1.00 bits per heavy atom. The number of halogens is 1. The molecule has 13 nitrogen and oxygen atoms in total. The highest BCUT2D eigenvalue weighted by molar-refractivity contribution is 6.30. The molecule has 2 fully saturated rings. The van der Waals surface area contributed by atoms with E-state index in [9.17, 15) is 14.4 Å². The zero-order valence-electron chi connectivity index (χ0n) is 21.4. The maximum atomic E-state index is 11.0. The molecule has 5 heterocycles. The molecule has 2 unspecified atom stereocenters. The average molecular weight is 545 g/mol. The molecule has 2 atom stereocenters.